The Balaban J connectivity index is 0.00000176. The van der Waals surface area contributed by atoms with Gasteiger partial charge in [-0.15, -0.1) is 12.4 Å². The van der Waals surface area contributed by atoms with E-state index in [-0.39, 0.29) is 12.4 Å². The molecule has 1 atom stereocenters. The molecule has 3 aromatic rings. The van der Waals surface area contributed by atoms with E-state index in [1.165, 1.54) is 16.5 Å². The molecule has 0 saturated heterocycles. The van der Waals surface area contributed by atoms with Crippen LogP contribution in [-0.4, -0.2) is 4.98 Å². The van der Waals surface area contributed by atoms with Crippen LogP contribution in [0.4, 0.5) is 0 Å². The lowest BCUT2D eigenvalue weighted by Crippen LogP contribution is -2.18. The summed E-state index contributed by atoms with van der Waals surface area (Å²) in [5.74, 6) is 0. The van der Waals surface area contributed by atoms with Gasteiger partial charge in [0, 0.05) is 28.6 Å². The van der Waals surface area contributed by atoms with Gasteiger partial charge >= 0.3 is 0 Å². The molecule has 2 nitrogen and oxygen atoms in total. The normalized spacial score (nSPS) is 11.9. The molecule has 2 aromatic carbocycles. The number of benzene rings is 2. The number of pyridine rings is 1. The van der Waals surface area contributed by atoms with Crippen LogP contribution in [0.15, 0.2) is 65.3 Å². The van der Waals surface area contributed by atoms with Crippen LogP contribution in [0.2, 0.25) is 0 Å². The van der Waals surface area contributed by atoms with Crippen LogP contribution < -0.4 is 5.32 Å². The molecule has 4 heteroatoms. The lowest BCUT2D eigenvalue weighted by molar-refractivity contribution is 0.576. The zero-order valence-corrected chi connectivity index (χ0v) is 14.7. The first kappa shape index (κ1) is 16.9. The fourth-order valence-corrected chi connectivity index (χ4v) is 2.88. The second kappa shape index (κ2) is 7.73. The Morgan fingerprint density at radius 3 is 2.68 bits per heavy atom. The molecule has 0 aliphatic carbocycles. The van der Waals surface area contributed by atoms with Crippen LogP contribution in [0.3, 0.4) is 0 Å². The van der Waals surface area contributed by atoms with Gasteiger partial charge in [-0.25, -0.2) is 0 Å². The maximum Gasteiger partial charge on any atom is 0.0746 e. The lowest BCUT2D eigenvalue weighted by atomic mass is 10.1. The van der Waals surface area contributed by atoms with Gasteiger partial charge in [-0.2, -0.15) is 0 Å². The van der Waals surface area contributed by atoms with E-state index in [0.717, 1.165) is 16.5 Å². The van der Waals surface area contributed by atoms with E-state index < -0.39 is 0 Å². The molecule has 22 heavy (non-hydrogen) atoms. The molecule has 1 N–H and O–H groups in total. The number of nitrogens with one attached hydrogen (secondary N) is 1. The molecule has 1 aromatic heterocycles. The van der Waals surface area contributed by atoms with E-state index in [9.17, 15) is 0 Å². The Kier molecular flexibility index (Phi) is 5.95. The Morgan fingerprint density at radius 1 is 1.09 bits per heavy atom. The van der Waals surface area contributed by atoms with Crippen molar-refractivity contribution in [1.29, 1.82) is 0 Å². The second-order valence-corrected chi connectivity index (χ2v) is 6.07. The number of fused-ring (bicyclic) bond motifs is 1. The molecule has 0 radical (unpaired) electrons. The van der Waals surface area contributed by atoms with Gasteiger partial charge < -0.3 is 5.32 Å². The number of hydrogen-bond donors (Lipinski definition) is 1. The van der Waals surface area contributed by atoms with Gasteiger partial charge in [-0.3, -0.25) is 4.98 Å². The number of para-hydroxylation sites is 1. The van der Waals surface area contributed by atoms with E-state index in [4.69, 9.17) is 0 Å². The van der Waals surface area contributed by atoms with Crippen molar-refractivity contribution >= 4 is 39.2 Å². The van der Waals surface area contributed by atoms with Crippen molar-refractivity contribution in [2.75, 3.05) is 0 Å². The minimum atomic E-state index is 0. The first-order valence-electron chi connectivity index (χ1n) is 7.05. The molecule has 1 heterocycles. The van der Waals surface area contributed by atoms with Gasteiger partial charge in [0.05, 0.1) is 5.52 Å². The summed E-state index contributed by atoms with van der Waals surface area (Å²) >= 11 is 3.52. The third-order valence-electron chi connectivity index (χ3n) is 3.66. The van der Waals surface area contributed by atoms with Crippen LogP contribution in [0.5, 0.6) is 0 Å². The van der Waals surface area contributed by atoms with Crippen LogP contribution in [0.1, 0.15) is 24.1 Å². The number of rotatable bonds is 4. The summed E-state index contributed by atoms with van der Waals surface area (Å²) in [6.07, 6.45) is 1.85. The average molecular weight is 378 g/mol. The molecule has 114 valence electrons. The molecule has 0 saturated carbocycles. The van der Waals surface area contributed by atoms with Crippen LogP contribution >= 0.6 is 28.3 Å². The van der Waals surface area contributed by atoms with E-state index in [0.29, 0.717) is 6.04 Å². The Hall–Kier alpha value is -1.42. The minimum Gasteiger partial charge on any atom is -0.306 e. The van der Waals surface area contributed by atoms with Crippen LogP contribution in [0, 0.1) is 0 Å². The molecule has 0 bridgehead atoms. The molecule has 0 fully saturated rings. The zero-order valence-electron chi connectivity index (χ0n) is 12.3. The molecule has 0 spiro atoms. The maximum absolute atomic E-state index is 4.50. The third kappa shape index (κ3) is 3.86. The highest BCUT2D eigenvalue weighted by Gasteiger charge is 2.07. The van der Waals surface area contributed by atoms with Gasteiger partial charge in [0.15, 0.2) is 0 Å². The SMILES string of the molecule is CC(NCc1cccc2cccnc12)c1cccc(Br)c1.Cl. The summed E-state index contributed by atoms with van der Waals surface area (Å²) in [5.41, 5.74) is 3.58. The molecule has 0 amide bonds. The molecule has 0 aliphatic rings. The highest BCUT2D eigenvalue weighted by Crippen LogP contribution is 2.20. The maximum atomic E-state index is 4.50. The quantitative estimate of drug-likeness (QED) is 0.670. The fraction of sp³-hybridized carbons (Fsp3) is 0.167. The van der Waals surface area contributed by atoms with E-state index >= 15 is 0 Å². The number of nitrogens with zero attached hydrogens (tertiary/aromatic N) is 1. The Labute approximate surface area is 145 Å². The second-order valence-electron chi connectivity index (χ2n) is 5.15. The van der Waals surface area contributed by atoms with Gasteiger partial charge in [0.2, 0.25) is 0 Å². The van der Waals surface area contributed by atoms with Crippen molar-refractivity contribution in [3.8, 4) is 0 Å². The molecule has 3 rings (SSSR count). The molecule has 1 unspecified atom stereocenters. The summed E-state index contributed by atoms with van der Waals surface area (Å²) in [4.78, 5) is 4.50. The van der Waals surface area contributed by atoms with Crippen molar-refractivity contribution in [2.24, 2.45) is 0 Å². The van der Waals surface area contributed by atoms with Gasteiger partial charge in [0.25, 0.3) is 0 Å². The van der Waals surface area contributed by atoms with Crippen molar-refractivity contribution in [1.82, 2.24) is 10.3 Å². The fourth-order valence-electron chi connectivity index (χ4n) is 2.47. The van der Waals surface area contributed by atoms with Crippen molar-refractivity contribution < 1.29 is 0 Å². The largest absolute Gasteiger partial charge is 0.306 e. The van der Waals surface area contributed by atoms with Gasteiger partial charge in [0.1, 0.15) is 0 Å². The van der Waals surface area contributed by atoms with Crippen molar-refractivity contribution in [3.05, 3.63) is 76.4 Å². The minimum absolute atomic E-state index is 0. The summed E-state index contributed by atoms with van der Waals surface area (Å²) < 4.78 is 1.11. The zero-order chi connectivity index (χ0) is 14.7. The number of halogens is 2. The Morgan fingerprint density at radius 2 is 1.86 bits per heavy atom. The molecule has 0 aliphatic heterocycles. The predicted octanol–water partition coefficient (Wildman–Crippen LogP) is 5.27. The monoisotopic (exact) mass is 376 g/mol. The third-order valence-corrected chi connectivity index (χ3v) is 4.16. The van der Waals surface area contributed by atoms with Crippen LogP contribution in [0.25, 0.3) is 10.9 Å². The highest BCUT2D eigenvalue weighted by atomic mass is 79.9. The Bertz CT molecular complexity index is 755. The summed E-state index contributed by atoms with van der Waals surface area (Å²) in [5, 5.41) is 4.76. The van der Waals surface area contributed by atoms with Gasteiger partial charge in [-0.05, 0) is 36.2 Å². The lowest BCUT2D eigenvalue weighted by Gasteiger charge is -2.15. The van der Waals surface area contributed by atoms with E-state index in [1.54, 1.807) is 0 Å². The molecular weight excluding hydrogens is 360 g/mol. The van der Waals surface area contributed by atoms with Crippen molar-refractivity contribution in [2.45, 2.75) is 19.5 Å². The predicted molar refractivity (Wildman–Crippen MR) is 98.4 cm³/mol. The highest BCUT2D eigenvalue weighted by molar-refractivity contribution is 9.10. The summed E-state index contributed by atoms with van der Waals surface area (Å²) in [6, 6.07) is 19.1. The van der Waals surface area contributed by atoms with E-state index in [1.807, 2.05) is 18.3 Å². The smallest absolute Gasteiger partial charge is 0.0746 e. The first-order valence-corrected chi connectivity index (χ1v) is 7.85. The topological polar surface area (TPSA) is 24.9 Å². The first-order chi connectivity index (χ1) is 10.2. The summed E-state index contributed by atoms with van der Waals surface area (Å²) in [7, 11) is 0. The van der Waals surface area contributed by atoms with E-state index in [2.05, 4.69) is 75.6 Å². The molecular formula is C18H18BrClN2. The average Bonchev–Trinajstić information content (AvgIpc) is 2.52. The van der Waals surface area contributed by atoms with Gasteiger partial charge in [-0.1, -0.05) is 52.3 Å². The number of aromatic nitrogens is 1. The standard InChI is InChI=1S/C18H17BrN2.ClH/c1-13(15-6-3-9-17(19)11-15)21-12-16-7-2-5-14-8-4-10-20-18(14)16;/h2-11,13,21H,12H2,1H3;1H. The summed E-state index contributed by atoms with van der Waals surface area (Å²) in [6.45, 7) is 2.99. The van der Waals surface area contributed by atoms with Crippen molar-refractivity contribution in [3.63, 3.8) is 0 Å². The number of hydrogen-bond acceptors (Lipinski definition) is 2. The van der Waals surface area contributed by atoms with Crippen LogP contribution in [-0.2, 0) is 6.54 Å².